The molecule has 0 N–H and O–H groups in total. The van der Waals surface area contributed by atoms with Crippen LogP contribution in [0, 0.1) is 27.7 Å². The van der Waals surface area contributed by atoms with Crippen LogP contribution < -0.4 is 4.90 Å². The first-order chi connectivity index (χ1) is 12.5. The van der Waals surface area contributed by atoms with Crippen molar-refractivity contribution in [2.24, 2.45) is 0 Å². The van der Waals surface area contributed by atoms with E-state index >= 15 is 0 Å². The fourth-order valence-corrected chi connectivity index (χ4v) is 3.41. The Morgan fingerprint density at radius 1 is 1.04 bits per heavy atom. The second kappa shape index (κ2) is 9.27. The number of para-hydroxylation sites is 1. The Bertz CT molecular complexity index is 795. The van der Waals surface area contributed by atoms with E-state index in [9.17, 15) is 4.79 Å². The molecule has 1 aliphatic rings. The van der Waals surface area contributed by atoms with E-state index in [4.69, 9.17) is 4.74 Å². The Morgan fingerprint density at radius 3 is 2.11 bits per heavy atom. The summed E-state index contributed by atoms with van der Waals surface area (Å²) < 4.78 is 5.44. The maximum Gasteiger partial charge on any atom is 0.415 e. The van der Waals surface area contributed by atoms with Crippen LogP contribution in [0.25, 0.3) is 0 Å². The lowest BCUT2D eigenvalue weighted by Gasteiger charge is -2.27. The van der Waals surface area contributed by atoms with Crippen molar-refractivity contribution in [2.45, 2.75) is 80.9 Å². The van der Waals surface area contributed by atoms with Gasteiger partial charge in [-0.15, -0.1) is 0 Å². The Labute approximate surface area is 171 Å². The van der Waals surface area contributed by atoms with E-state index in [1.807, 2.05) is 45.9 Å². The summed E-state index contributed by atoms with van der Waals surface area (Å²) in [6.07, 6.45) is 0.644. The molecule has 2 aromatic rings. The number of carbonyl (C=O) groups is 1. The van der Waals surface area contributed by atoms with Crippen molar-refractivity contribution in [1.82, 2.24) is 0 Å². The number of benzene rings is 2. The lowest BCUT2D eigenvalue weighted by Crippen LogP contribution is -2.40. The molecule has 3 nitrogen and oxygen atoms in total. The van der Waals surface area contributed by atoms with Gasteiger partial charge in [0.25, 0.3) is 0 Å². The minimum atomic E-state index is -0.450. The highest BCUT2D eigenvalue weighted by Gasteiger charge is 2.33. The molecule has 3 rings (SSSR count). The molecule has 0 saturated heterocycles. The number of amides is 1. The van der Waals surface area contributed by atoms with Crippen LogP contribution in [-0.2, 0) is 11.2 Å². The second-order valence-corrected chi connectivity index (χ2v) is 8.56. The van der Waals surface area contributed by atoms with Gasteiger partial charge in [-0.2, -0.15) is 0 Å². The third kappa shape index (κ3) is 5.85. The first kappa shape index (κ1) is 23.7. The predicted octanol–water partition coefficient (Wildman–Crippen LogP) is 6.93. The van der Waals surface area contributed by atoms with Gasteiger partial charge in [-0.05, 0) is 90.1 Å². The van der Waals surface area contributed by atoms with Crippen molar-refractivity contribution in [3.63, 3.8) is 0 Å². The summed E-state index contributed by atoms with van der Waals surface area (Å²) in [5.74, 6) is 0. The molecule has 1 unspecified atom stereocenters. The number of ether oxygens (including phenoxy) is 1. The van der Waals surface area contributed by atoms with E-state index < -0.39 is 5.60 Å². The predicted molar refractivity (Wildman–Crippen MR) is 120 cm³/mol. The highest BCUT2D eigenvalue weighted by Crippen LogP contribution is 2.32. The van der Waals surface area contributed by atoms with Crippen LogP contribution in [-0.4, -0.2) is 17.7 Å². The van der Waals surface area contributed by atoms with Gasteiger partial charge in [0.2, 0.25) is 0 Å². The van der Waals surface area contributed by atoms with Gasteiger partial charge in [0.15, 0.2) is 0 Å². The van der Waals surface area contributed by atoms with Gasteiger partial charge < -0.3 is 4.74 Å². The zero-order chi connectivity index (χ0) is 20.4. The topological polar surface area (TPSA) is 29.5 Å². The molecule has 3 heteroatoms. The first-order valence-corrected chi connectivity index (χ1v) is 9.64. The van der Waals surface area contributed by atoms with E-state index in [1.54, 1.807) is 4.90 Å². The van der Waals surface area contributed by atoms with Crippen molar-refractivity contribution in [2.75, 3.05) is 4.90 Å². The summed E-state index contributed by atoms with van der Waals surface area (Å²) in [5.41, 5.74) is 7.33. The van der Waals surface area contributed by atoms with Gasteiger partial charge in [0, 0.05) is 6.04 Å². The van der Waals surface area contributed by atoms with Crippen LogP contribution in [0.2, 0.25) is 0 Å². The highest BCUT2D eigenvalue weighted by atomic mass is 16.6. The molecule has 1 heterocycles. The normalized spacial score (nSPS) is 15.1. The molecule has 2 aromatic carbocycles. The second-order valence-electron chi connectivity index (χ2n) is 8.56. The van der Waals surface area contributed by atoms with Crippen molar-refractivity contribution in [3.05, 3.63) is 64.2 Å². The fourth-order valence-electron chi connectivity index (χ4n) is 3.41. The summed E-state index contributed by atoms with van der Waals surface area (Å²) in [7, 11) is 0. The van der Waals surface area contributed by atoms with Crippen molar-refractivity contribution < 1.29 is 9.53 Å². The number of hydrogen-bond acceptors (Lipinski definition) is 2. The van der Waals surface area contributed by atoms with Gasteiger partial charge in [-0.3, -0.25) is 4.90 Å². The molecule has 0 radical (unpaired) electrons. The van der Waals surface area contributed by atoms with Crippen LogP contribution in [0.3, 0.4) is 0 Å². The number of rotatable bonds is 0. The molecule has 1 atom stereocenters. The summed E-state index contributed by atoms with van der Waals surface area (Å²) in [4.78, 5) is 13.9. The lowest BCUT2D eigenvalue weighted by molar-refractivity contribution is 0.0572. The van der Waals surface area contributed by atoms with Gasteiger partial charge >= 0.3 is 6.09 Å². The molecule has 0 spiro atoms. The number of nitrogens with zero attached hydrogens (tertiary/aromatic N) is 1. The van der Waals surface area contributed by atoms with Gasteiger partial charge in [-0.1, -0.05) is 43.3 Å². The SMILES string of the molecule is C.CC1Cc2ccccc2N1C(=O)OC(C)(C)C.Cc1cc(C)c(C)c(C)c1. The van der Waals surface area contributed by atoms with E-state index in [-0.39, 0.29) is 19.6 Å². The third-order valence-electron chi connectivity index (χ3n) is 4.87. The molecule has 154 valence electrons. The molecule has 0 bridgehead atoms. The average Bonchev–Trinajstić information content (AvgIpc) is 2.87. The van der Waals surface area contributed by atoms with Gasteiger partial charge in [-0.25, -0.2) is 4.79 Å². The minimum absolute atomic E-state index is 0. The molecule has 1 aliphatic heterocycles. The summed E-state index contributed by atoms with van der Waals surface area (Å²) in [6, 6.07) is 12.6. The van der Waals surface area contributed by atoms with Crippen molar-refractivity contribution in [1.29, 1.82) is 0 Å². The zero-order valence-corrected chi connectivity index (χ0v) is 18.0. The van der Waals surface area contributed by atoms with Crippen molar-refractivity contribution in [3.8, 4) is 0 Å². The Morgan fingerprint density at radius 2 is 1.57 bits per heavy atom. The minimum Gasteiger partial charge on any atom is -0.443 e. The number of fused-ring (bicyclic) bond motifs is 1. The van der Waals surface area contributed by atoms with E-state index in [0.717, 1.165) is 12.1 Å². The van der Waals surface area contributed by atoms with Crippen LogP contribution in [0.1, 0.15) is 62.9 Å². The number of hydrogen-bond donors (Lipinski definition) is 0. The highest BCUT2D eigenvalue weighted by molar-refractivity contribution is 5.91. The molecule has 0 aromatic heterocycles. The Hall–Kier alpha value is -2.29. The standard InChI is InChI=1S/C14H19NO2.C10H14.CH4/c1-10-9-11-7-5-6-8-12(11)15(10)13(16)17-14(2,3)4;1-7-5-8(2)10(4)9(3)6-7;/h5-8,10H,9H2,1-4H3;5-6H,1-4H3;1H4. The number of carbonyl (C=O) groups excluding carboxylic acids is 1. The van der Waals surface area contributed by atoms with E-state index in [1.165, 1.54) is 27.8 Å². The number of aryl methyl sites for hydroxylation is 3. The quantitative estimate of drug-likeness (QED) is 0.493. The van der Waals surface area contributed by atoms with E-state index in [0.29, 0.717) is 0 Å². The fraction of sp³-hybridized carbons (Fsp3) is 0.480. The van der Waals surface area contributed by atoms with Crippen molar-refractivity contribution >= 4 is 11.8 Å². The molecular weight excluding hydrogens is 346 g/mol. The van der Waals surface area contributed by atoms with Crippen LogP contribution >= 0.6 is 0 Å². The van der Waals surface area contributed by atoms with E-state index in [2.05, 4.69) is 45.9 Å². The monoisotopic (exact) mass is 383 g/mol. The molecular formula is C25H37NO2. The Kier molecular flexibility index (Phi) is 7.86. The summed E-state index contributed by atoms with van der Waals surface area (Å²) >= 11 is 0. The van der Waals surface area contributed by atoms with Crippen LogP contribution in [0.4, 0.5) is 10.5 Å². The van der Waals surface area contributed by atoms with Gasteiger partial charge in [0.1, 0.15) is 5.60 Å². The smallest absolute Gasteiger partial charge is 0.415 e. The van der Waals surface area contributed by atoms with Crippen LogP contribution in [0.5, 0.6) is 0 Å². The molecule has 0 saturated carbocycles. The number of anilines is 1. The summed E-state index contributed by atoms with van der Waals surface area (Å²) in [6.45, 7) is 16.3. The molecule has 28 heavy (non-hydrogen) atoms. The third-order valence-corrected chi connectivity index (χ3v) is 4.87. The summed E-state index contributed by atoms with van der Waals surface area (Å²) in [5, 5.41) is 0. The first-order valence-electron chi connectivity index (χ1n) is 9.64. The molecule has 0 fully saturated rings. The largest absolute Gasteiger partial charge is 0.443 e. The average molecular weight is 384 g/mol. The Balaban J connectivity index is 0.000000307. The lowest BCUT2D eigenvalue weighted by atomic mass is 10.0. The maximum atomic E-state index is 12.1. The molecule has 0 aliphatic carbocycles. The molecule has 1 amide bonds. The van der Waals surface area contributed by atoms with Crippen LogP contribution in [0.15, 0.2) is 36.4 Å². The maximum absolute atomic E-state index is 12.1. The zero-order valence-electron chi connectivity index (χ0n) is 18.0. The van der Waals surface area contributed by atoms with Gasteiger partial charge in [0.05, 0.1) is 5.69 Å².